The summed E-state index contributed by atoms with van der Waals surface area (Å²) in [5.74, 6) is 0.135. The highest BCUT2D eigenvalue weighted by Crippen LogP contribution is 2.35. The van der Waals surface area contributed by atoms with E-state index in [0.717, 1.165) is 24.8 Å². The van der Waals surface area contributed by atoms with Crippen LogP contribution in [0.5, 0.6) is 0 Å². The zero-order chi connectivity index (χ0) is 16.1. The lowest BCUT2D eigenvalue weighted by atomic mass is 9.73. The maximum Gasteiger partial charge on any atom is 0.231 e. The van der Waals surface area contributed by atoms with Crippen molar-refractivity contribution in [2.75, 3.05) is 13.2 Å². The van der Waals surface area contributed by atoms with Crippen molar-refractivity contribution in [2.45, 2.75) is 37.6 Å². The fourth-order valence-electron chi connectivity index (χ4n) is 3.27. The third-order valence-electron chi connectivity index (χ3n) is 4.57. The third kappa shape index (κ3) is 3.65. The largest absolute Gasteiger partial charge is 0.381 e. The molecule has 23 heavy (non-hydrogen) atoms. The van der Waals surface area contributed by atoms with Gasteiger partial charge in [0.1, 0.15) is 0 Å². The first-order valence-electron chi connectivity index (χ1n) is 8.17. The van der Waals surface area contributed by atoms with Crippen LogP contribution in [0.25, 0.3) is 0 Å². The van der Waals surface area contributed by atoms with Gasteiger partial charge in [-0.05, 0) is 36.8 Å². The predicted molar refractivity (Wildman–Crippen MR) is 93.8 cm³/mol. The Balaban J connectivity index is 1.75. The molecule has 1 aliphatic rings. The highest BCUT2D eigenvalue weighted by Gasteiger charge is 2.41. The van der Waals surface area contributed by atoms with Crippen LogP contribution >= 0.6 is 11.3 Å². The van der Waals surface area contributed by atoms with Gasteiger partial charge in [0.2, 0.25) is 5.91 Å². The minimum absolute atomic E-state index is 0.129. The van der Waals surface area contributed by atoms with Crippen LogP contribution in [0.2, 0.25) is 0 Å². The minimum Gasteiger partial charge on any atom is -0.381 e. The SMILES string of the molecule is CC(Cc1cccs1)NC(=O)C1(c2ccccc2)CCOCC1. The van der Waals surface area contributed by atoms with Gasteiger partial charge in [0, 0.05) is 30.6 Å². The monoisotopic (exact) mass is 329 g/mol. The van der Waals surface area contributed by atoms with Crippen LogP contribution in [-0.2, 0) is 21.4 Å². The fourth-order valence-corrected chi connectivity index (χ4v) is 4.10. The number of nitrogens with one attached hydrogen (secondary N) is 1. The number of carbonyl (C=O) groups is 1. The Morgan fingerprint density at radius 1 is 1.22 bits per heavy atom. The van der Waals surface area contributed by atoms with Crippen molar-refractivity contribution in [3.05, 3.63) is 58.3 Å². The minimum atomic E-state index is -0.455. The van der Waals surface area contributed by atoms with E-state index in [-0.39, 0.29) is 11.9 Å². The number of rotatable bonds is 5. The van der Waals surface area contributed by atoms with Crippen molar-refractivity contribution in [3.8, 4) is 0 Å². The molecule has 2 aromatic rings. The van der Waals surface area contributed by atoms with Gasteiger partial charge in [-0.2, -0.15) is 0 Å². The number of benzene rings is 1. The number of thiophene rings is 1. The molecule has 3 rings (SSSR count). The summed E-state index contributed by atoms with van der Waals surface area (Å²) < 4.78 is 5.51. The van der Waals surface area contributed by atoms with Crippen LogP contribution in [-0.4, -0.2) is 25.2 Å². The Bertz CT molecular complexity index is 618. The maximum atomic E-state index is 13.1. The van der Waals surface area contributed by atoms with E-state index in [0.29, 0.717) is 13.2 Å². The molecular weight excluding hydrogens is 306 g/mol. The Kier molecular flexibility index (Phi) is 5.13. The van der Waals surface area contributed by atoms with E-state index in [1.165, 1.54) is 4.88 Å². The molecule has 4 heteroatoms. The molecule has 1 saturated heterocycles. The third-order valence-corrected chi connectivity index (χ3v) is 5.47. The fraction of sp³-hybridized carbons (Fsp3) is 0.421. The molecule has 0 spiro atoms. The highest BCUT2D eigenvalue weighted by molar-refractivity contribution is 7.09. The van der Waals surface area contributed by atoms with Gasteiger partial charge in [-0.3, -0.25) is 4.79 Å². The Labute approximate surface area is 141 Å². The summed E-state index contributed by atoms with van der Waals surface area (Å²) in [4.78, 5) is 14.4. The molecule has 0 saturated carbocycles. The molecule has 1 aromatic carbocycles. The van der Waals surface area contributed by atoms with E-state index in [1.54, 1.807) is 11.3 Å². The van der Waals surface area contributed by atoms with Crippen LogP contribution in [0.3, 0.4) is 0 Å². The van der Waals surface area contributed by atoms with E-state index in [2.05, 4.69) is 41.9 Å². The van der Waals surface area contributed by atoms with Crippen LogP contribution < -0.4 is 5.32 Å². The van der Waals surface area contributed by atoms with Gasteiger partial charge in [0.15, 0.2) is 0 Å². The summed E-state index contributed by atoms with van der Waals surface area (Å²) >= 11 is 1.74. The smallest absolute Gasteiger partial charge is 0.231 e. The Morgan fingerprint density at radius 2 is 1.96 bits per heavy atom. The Hall–Kier alpha value is -1.65. The average Bonchev–Trinajstić information content (AvgIpc) is 3.09. The molecule has 1 aromatic heterocycles. The first-order chi connectivity index (χ1) is 11.2. The molecule has 0 radical (unpaired) electrons. The van der Waals surface area contributed by atoms with E-state index < -0.39 is 5.41 Å². The van der Waals surface area contributed by atoms with Crippen LogP contribution in [0.15, 0.2) is 47.8 Å². The van der Waals surface area contributed by atoms with Crippen LogP contribution in [0, 0.1) is 0 Å². The van der Waals surface area contributed by atoms with Gasteiger partial charge in [-0.25, -0.2) is 0 Å². The van der Waals surface area contributed by atoms with Gasteiger partial charge >= 0.3 is 0 Å². The summed E-state index contributed by atoms with van der Waals surface area (Å²) in [7, 11) is 0. The van der Waals surface area contributed by atoms with Crippen LogP contribution in [0.1, 0.15) is 30.2 Å². The molecule has 122 valence electrons. The molecule has 3 nitrogen and oxygen atoms in total. The summed E-state index contributed by atoms with van der Waals surface area (Å²) in [6.45, 7) is 3.36. The lowest BCUT2D eigenvalue weighted by Crippen LogP contribution is -2.50. The van der Waals surface area contributed by atoms with Gasteiger partial charge in [0.25, 0.3) is 0 Å². The molecule has 1 fully saturated rings. The first kappa shape index (κ1) is 16.2. The normalized spacial score (nSPS) is 18.3. The molecule has 0 bridgehead atoms. The number of ether oxygens (including phenoxy) is 1. The number of hydrogen-bond donors (Lipinski definition) is 1. The van der Waals surface area contributed by atoms with Crippen LogP contribution in [0.4, 0.5) is 0 Å². The van der Waals surface area contributed by atoms with Crippen molar-refractivity contribution >= 4 is 17.2 Å². The molecule has 1 unspecified atom stereocenters. The van der Waals surface area contributed by atoms with E-state index in [4.69, 9.17) is 4.74 Å². The summed E-state index contributed by atoms with van der Waals surface area (Å²) in [6.07, 6.45) is 2.37. The second-order valence-electron chi connectivity index (χ2n) is 6.22. The number of carbonyl (C=O) groups excluding carboxylic acids is 1. The van der Waals surface area contributed by atoms with Gasteiger partial charge in [-0.1, -0.05) is 36.4 Å². The lowest BCUT2D eigenvalue weighted by molar-refractivity contribution is -0.131. The lowest BCUT2D eigenvalue weighted by Gasteiger charge is -2.37. The van der Waals surface area contributed by atoms with E-state index >= 15 is 0 Å². The average molecular weight is 329 g/mol. The van der Waals surface area contributed by atoms with Gasteiger partial charge < -0.3 is 10.1 Å². The first-order valence-corrected chi connectivity index (χ1v) is 9.05. The van der Waals surface area contributed by atoms with Crippen molar-refractivity contribution < 1.29 is 9.53 Å². The van der Waals surface area contributed by atoms with Crippen molar-refractivity contribution in [2.24, 2.45) is 0 Å². The molecule has 0 aliphatic carbocycles. The topological polar surface area (TPSA) is 38.3 Å². The molecule has 1 atom stereocenters. The standard InChI is InChI=1S/C19H23NO2S/c1-15(14-17-8-5-13-23-17)20-18(21)19(9-11-22-12-10-19)16-6-3-2-4-7-16/h2-8,13,15H,9-12,14H2,1H3,(H,20,21). The second kappa shape index (κ2) is 7.28. The van der Waals surface area contributed by atoms with E-state index in [1.807, 2.05) is 18.2 Å². The van der Waals surface area contributed by atoms with E-state index in [9.17, 15) is 4.79 Å². The summed E-state index contributed by atoms with van der Waals surface area (Å²) in [5, 5.41) is 5.32. The second-order valence-corrected chi connectivity index (χ2v) is 7.25. The number of hydrogen-bond acceptors (Lipinski definition) is 3. The van der Waals surface area contributed by atoms with Gasteiger partial charge in [-0.15, -0.1) is 11.3 Å². The molecule has 2 heterocycles. The summed E-state index contributed by atoms with van der Waals surface area (Å²) in [5.41, 5.74) is 0.646. The Morgan fingerprint density at radius 3 is 2.61 bits per heavy atom. The molecule has 1 amide bonds. The quantitative estimate of drug-likeness (QED) is 0.911. The van der Waals surface area contributed by atoms with Gasteiger partial charge in [0.05, 0.1) is 5.41 Å². The zero-order valence-electron chi connectivity index (χ0n) is 13.5. The zero-order valence-corrected chi connectivity index (χ0v) is 14.3. The number of amides is 1. The molecule has 1 N–H and O–H groups in total. The van der Waals surface area contributed by atoms with Crippen molar-refractivity contribution in [3.63, 3.8) is 0 Å². The van der Waals surface area contributed by atoms with Crippen molar-refractivity contribution in [1.82, 2.24) is 5.32 Å². The predicted octanol–water partition coefficient (Wildman–Crippen LogP) is 3.54. The summed E-state index contributed by atoms with van der Waals surface area (Å²) in [6, 6.07) is 14.4. The van der Waals surface area contributed by atoms with Crippen molar-refractivity contribution in [1.29, 1.82) is 0 Å². The highest BCUT2D eigenvalue weighted by atomic mass is 32.1. The maximum absolute atomic E-state index is 13.1. The molecule has 1 aliphatic heterocycles. The molecular formula is C19H23NO2S.